The predicted molar refractivity (Wildman–Crippen MR) is 96.7 cm³/mol. The van der Waals surface area contributed by atoms with Crippen molar-refractivity contribution in [3.8, 4) is 28.7 Å². The van der Waals surface area contributed by atoms with E-state index in [4.69, 9.17) is 23.7 Å². The second-order valence-corrected chi connectivity index (χ2v) is 6.34. The summed E-state index contributed by atoms with van der Waals surface area (Å²) in [5.74, 6) is 3.22. The van der Waals surface area contributed by atoms with Crippen molar-refractivity contribution in [2.45, 2.75) is 13.0 Å². The minimum absolute atomic E-state index is 0.0255. The number of amides is 1. The van der Waals surface area contributed by atoms with Crippen molar-refractivity contribution in [1.82, 2.24) is 4.90 Å². The van der Waals surface area contributed by atoms with Gasteiger partial charge in [0.1, 0.15) is 5.75 Å². The first-order valence-electron chi connectivity index (χ1n) is 8.72. The van der Waals surface area contributed by atoms with E-state index in [0.717, 1.165) is 12.0 Å². The lowest BCUT2D eigenvalue weighted by Gasteiger charge is -2.29. The summed E-state index contributed by atoms with van der Waals surface area (Å²) in [6.07, 6.45) is 0.769. The molecule has 0 atom stereocenters. The van der Waals surface area contributed by atoms with Crippen LogP contribution in [0.25, 0.3) is 0 Å². The number of carbonyl (C=O) groups excluding carboxylic acids is 1. The molecule has 0 saturated carbocycles. The summed E-state index contributed by atoms with van der Waals surface area (Å²) < 4.78 is 27.0. The number of hydrogen-bond acceptors (Lipinski definition) is 6. The molecule has 2 aliphatic rings. The third-order valence-electron chi connectivity index (χ3n) is 4.78. The minimum atomic E-state index is -0.0619. The van der Waals surface area contributed by atoms with Gasteiger partial charge in [-0.05, 0) is 41.8 Å². The molecule has 0 saturated heterocycles. The van der Waals surface area contributed by atoms with E-state index in [-0.39, 0.29) is 19.3 Å². The first-order chi connectivity index (χ1) is 13.2. The number of nitrogens with zero attached hydrogens (tertiary/aromatic N) is 1. The van der Waals surface area contributed by atoms with Crippen molar-refractivity contribution in [2.24, 2.45) is 0 Å². The molecule has 0 unspecified atom stereocenters. The quantitative estimate of drug-likeness (QED) is 0.804. The van der Waals surface area contributed by atoms with Crippen LogP contribution in [0.5, 0.6) is 28.7 Å². The maximum atomic E-state index is 12.6. The Balaban J connectivity index is 1.40. The van der Waals surface area contributed by atoms with Gasteiger partial charge in [-0.1, -0.05) is 0 Å². The van der Waals surface area contributed by atoms with E-state index in [1.807, 2.05) is 12.1 Å². The van der Waals surface area contributed by atoms with Gasteiger partial charge in [0.2, 0.25) is 6.79 Å². The molecule has 0 fully saturated rings. The van der Waals surface area contributed by atoms with Gasteiger partial charge in [-0.15, -0.1) is 0 Å². The summed E-state index contributed by atoms with van der Waals surface area (Å²) in [4.78, 5) is 14.4. The third kappa shape index (κ3) is 3.45. The topological polar surface area (TPSA) is 66.5 Å². The van der Waals surface area contributed by atoms with E-state index in [1.165, 1.54) is 5.56 Å². The lowest BCUT2D eigenvalue weighted by Crippen LogP contribution is -2.38. The Labute approximate surface area is 157 Å². The van der Waals surface area contributed by atoms with Crippen molar-refractivity contribution in [3.05, 3.63) is 41.5 Å². The summed E-state index contributed by atoms with van der Waals surface area (Å²) in [5.41, 5.74) is 2.24. The van der Waals surface area contributed by atoms with Gasteiger partial charge in [0.25, 0.3) is 5.91 Å². The van der Waals surface area contributed by atoms with Crippen LogP contribution in [0.2, 0.25) is 0 Å². The molecule has 142 valence electrons. The van der Waals surface area contributed by atoms with E-state index >= 15 is 0 Å². The van der Waals surface area contributed by atoms with Gasteiger partial charge in [0.15, 0.2) is 29.6 Å². The highest BCUT2D eigenvalue weighted by molar-refractivity contribution is 5.78. The molecule has 2 heterocycles. The molecule has 0 spiro atoms. The zero-order valence-corrected chi connectivity index (χ0v) is 15.3. The Morgan fingerprint density at radius 3 is 2.56 bits per heavy atom. The standard InChI is InChI=1S/C20H21NO6/c1-23-17-7-13-5-6-21(10-14(13)8-18(17)24-2)20(22)11-25-15-3-4-16-19(9-15)27-12-26-16/h3-4,7-9H,5-6,10-12H2,1-2H3. The molecule has 2 aromatic carbocycles. The largest absolute Gasteiger partial charge is 0.493 e. The first kappa shape index (κ1) is 17.3. The first-order valence-corrected chi connectivity index (χ1v) is 8.72. The molecule has 7 heteroatoms. The van der Waals surface area contributed by atoms with Crippen molar-refractivity contribution in [1.29, 1.82) is 0 Å². The van der Waals surface area contributed by atoms with Crippen LogP contribution in [0.3, 0.4) is 0 Å². The molecule has 4 rings (SSSR count). The summed E-state index contributed by atoms with van der Waals surface area (Å²) in [6, 6.07) is 9.20. The molecule has 0 aliphatic carbocycles. The van der Waals surface area contributed by atoms with Gasteiger partial charge >= 0.3 is 0 Å². The molecule has 2 aromatic rings. The van der Waals surface area contributed by atoms with Gasteiger partial charge < -0.3 is 28.6 Å². The Kier molecular flexibility index (Phi) is 4.66. The van der Waals surface area contributed by atoms with E-state index in [0.29, 0.717) is 41.8 Å². The average Bonchev–Trinajstić information content (AvgIpc) is 3.18. The molecule has 0 radical (unpaired) electrons. The fourth-order valence-electron chi connectivity index (χ4n) is 3.30. The fraction of sp³-hybridized carbons (Fsp3) is 0.350. The molecule has 0 aromatic heterocycles. The summed E-state index contributed by atoms with van der Waals surface area (Å²) in [6.45, 7) is 1.35. The number of ether oxygens (including phenoxy) is 5. The number of rotatable bonds is 5. The zero-order chi connectivity index (χ0) is 18.8. The number of fused-ring (bicyclic) bond motifs is 2. The van der Waals surface area contributed by atoms with Gasteiger partial charge in [-0.2, -0.15) is 0 Å². The molecule has 7 nitrogen and oxygen atoms in total. The van der Waals surface area contributed by atoms with Crippen LogP contribution in [0.4, 0.5) is 0 Å². The van der Waals surface area contributed by atoms with Crippen molar-refractivity contribution >= 4 is 5.91 Å². The van der Waals surface area contributed by atoms with E-state index < -0.39 is 0 Å². The van der Waals surface area contributed by atoms with Crippen LogP contribution >= 0.6 is 0 Å². The molecule has 0 N–H and O–H groups in total. The van der Waals surface area contributed by atoms with Crippen LogP contribution < -0.4 is 23.7 Å². The van der Waals surface area contributed by atoms with E-state index in [1.54, 1.807) is 37.3 Å². The van der Waals surface area contributed by atoms with Crippen molar-refractivity contribution in [2.75, 3.05) is 34.2 Å². The predicted octanol–water partition coefficient (Wildman–Crippen LogP) is 2.40. The third-order valence-corrected chi connectivity index (χ3v) is 4.78. The Morgan fingerprint density at radius 1 is 1.04 bits per heavy atom. The fourth-order valence-corrected chi connectivity index (χ4v) is 3.30. The Bertz CT molecular complexity index is 866. The van der Waals surface area contributed by atoms with Crippen LogP contribution in [0.1, 0.15) is 11.1 Å². The summed E-state index contributed by atoms with van der Waals surface area (Å²) in [7, 11) is 3.23. The lowest BCUT2D eigenvalue weighted by atomic mass is 9.99. The van der Waals surface area contributed by atoms with Gasteiger partial charge in [-0.3, -0.25) is 4.79 Å². The second kappa shape index (κ2) is 7.26. The normalized spacial score (nSPS) is 14.5. The number of benzene rings is 2. The van der Waals surface area contributed by atoms with Crippen LogP contribution in [0, 0.1) is 0 Å². The number of carbonyl (C=O) groups is 1. The highest BCUT2D eigenvalue weighted by Gasteiger charge is 2.23. The van der Waals surface area contributed by atoms with Crippen LogP contribution in [-0.4, -0.2) is 45.0 Å². The smallest absolute Gasteiger partial charge is 0.260 e. The van der Waals surface area contributed by atoms with Gasteiger partial charge in [0.05, 0.1) is 14.2 Å². The number of methoxy groups -OCH3 is 2. The molecular weight excluding hydrogens is 350 g/mol. The Morgan fingerprint density at radius 2 is 1.78 bits per heavy atom. The molecule has 2 aliphatic heterocycles. The number of hydrogen-bond donors (Lipinski definition) is 0. The highest BCUT2D eigenvalue weighted by atomic mass is 16.7. The monoisotopic (exact) mass is 371 g/mol. The van der Waals surface area contributed by atoms with Crippen LogP contribution in [-0.2, 0) is 17.8 Å². The lowest BCUT2D eigenvalue weighted by molar-refractivity contribution is -0.134. The maximum Gasteiger partial charge on any atom is 0.260 e. The van der Waals surface area contributed by atoms with Crippen molar-refractivity contribution < 1.29 is 28.5 Å². The summed E-state index contributed by atoms with van der Waals surface area (Å²) in [5, 5.41) is 0. The molecule has 27 heavy (non-hydrogen) atoms. The van der Waals surface area contributed by atoms with Gasteiger partial charge in [-0.25, -0.2) is 0 Å². The molecule has 1 amide bonds. The average molecular weight is 371 g/mol. The maximum absolute atomic E-state index is 12.6. The summed E-state index contributed by atoms with van der Waals surface area (Å²) >= 11 is 0. The van der Waals surface area contributed by atoms with Crippen molar-refractivity contribution in [3.63, 3.8) is 0 Å². The Hall–Kier alpha value is -3.09. The van der Waals surface area contributed by atoms with E-state index in [9.17, 15) is 4.79 Å². The SMILES string of the molecule is COc1cc2c(cc1OC)CN(C(=O)COc1ccc3c(c1)OCO3)CC2. The second-order valence-electron chi connectivity index (χ2n) is 6.34. The molecular formula is C20H21NO6. The highest BCUT2D eigenvalue weighted by Crippen LogP contribution is 2.35. The minimum Gasteiger partial charge on any atom is -0.493 e. The van der Waals surface area contributed by atoms with Crippen LogP contribution in [0.15, 0.2) is 30.3 Å². The van der Waals surface area contributed by atoms with E-state index in [2.05, 4.69) is 0 Å². The zero-order valence-electron chi connectivity index (χ0n) is 15.3. The van der Waals surface area contributed by atoms with Gasteiger partial charge in [0, 0.05) is 19.2 Å². The molecule has 0 bridgehead atoms.